The van der Waals surface area contributed by atoms with Gasteiger partial charge in [-0.2, -0.15) is 0 Å². The second-order valence-electron chi connectivity index (χ2n) is 6.25. The molecule has 1 amide bonds. The molecule has 0 aromatic heterocycles. The fourth-order valence-corrected chi connectivity index (χ4v) is 2.87. The molecule has 1 heterocycles. The van der Waals surface area contributed by atoms with E-state index in [1.807, 2.05) is 31.2 Å². The van der Waals surface area contributed by atoms with Gasteiger partial charge in [-0.1, -0.05) is 30.3 Å². The molecule has 2 N–H and O–H groups in total. The average Bonchev–Trinajstić information content (AvgIpc) is 3.05. The predicted octanol–water partition coefficient (Wildman–Crippen LogP) is 3.07. The summed E-state index contributed by atoms with van der Waals surface area (Å²) >= 11 is 0. The first kappa shape index (κ1) is 16.5. The van der Waals surface area contributed by atoms with E-state index >= 15 is 0 Å². The van der Waals surface area contributed by atoms with Gasteiger partial charge in [0.05, 0.1) is 6.61 Å². The van der Waals surface area contributed by atoms with E-state index in [2.05, 4.69) is 28.8 Å². The lowest BCUT2D eigenvalue weighted by molar-refractivity contribution is -0.121. The van der Waals surface area contributed by atoms with E-state index in [1.54, 1.807) is 0 Å². The number of fused-ring (bicyclic) bond motifs is 1. The monoisotopic (exact) mass is 324 g/mol. The highest BCUT2D eigenvalue weighted by Crippen LogP contribution is 2.17. The van der Waals surface area contributed by atoms with E-state index in [0.717, 1.165) is 24.4 Å². The molecule has 126 valence electrons. The molecule has 0 saturated heterocycles. The van der Waals surface area contributed by atoms with Gasteiger partial charge in [-0.15, -0.1) is 0 Å². The zero-order chi connectivity index (χ0) is 16.8. The van der Waals surface area contributed by atoms with Crippen LogP contribution >= 0.6 is 0 Å². The summed E-state index contributed by atoms with van der Waals surface area (Å²) in [6.45, 7) is 5.05. The molecule has 1 aliphatic rings. The van der Waals surface area contributed by atoms with Crippen molar-refractivity contribution in [2.45, 2.75) is 39.4 Å². The number of carbonyl (C=O) groups is 1. The molecule has 0 bridgehead atoms. The zero-order valence-corrected chi connectivity index (χ0v) is 14.1. The lowest BCUT2D eigenvalue weighted by atomic mass is 10.1. The summed E-state index contributed by atoms with van der Waals surface area (Å²) in [5.41, 5.74) is 5.03. The van der Waals surface area contributed by atoms with Gasteiger partial charge in [0.2, 0.25) is 5.91 Å². The Labute approximate surface area is 143 Å². The van der Waals surface area contributed by atoms with Gasteiger partial charge in [0.1, 0.15) is 5.75 Å². The summed E-state index contributed by atoms with van der Waals surface area (Å²) in [6.07, 6.45) is 1.20. The molecule has 3 rings (SSSR count). The molecule has 2 aromatic rings. The van der Waals surface area contributed by atoms with Crippen molar-refractivity contribution in [2.75, 3.05) is 6.61 Å². The van der Waals surface area contributed by atoms with Crippen molar-refractivity contribution < 1.29 is 9.53 Å². The Morgan fingerprint density at radius 1 is 1.17 bits per heavy atom. The molecule has 0 aliphatic carbocycles. The van der Waals surface area contributed by atoms with Gasteiger partial charge < -0.3 is 15.4 Å². The summed E-state index contributed by atoms with van der Waals surface area (Å²) in [7, 11) is 0. The van der Waals surface area contributed by atoms with E-state index in [-0.39, 0.29) is 5.91 Å². The molecule has 0 atom stereocenters. The van der Waals surface area contributed by atoms with Gasteiger partial charge in [-0.3, -0.25) is 4.79 Å². The Bertz CT molecular complexity index is 713. The Balaban J connectivity index is 1.35. The van der Waals surface area contributed by atoms with Crippen LogP contribution in [0.1, 0.15) is 35.1 Å². The Hall–Kier alpha value is -2.33. The zero-order valence-electron chi connectivity index (χ0n) is 14.1. The number of carbonyl (C=O) groups excluding carboxylic acids is 1. The van der Waals surface area contributed by atoms with Crippen molar-refractivity contribution in [1.82, 2.24) is 10.6 Å². The number of ether oxygens (including phenoxy) is 1. The van der Waals surface area contributed by atoms with Crippen molar-refractivity contribution in [3.63, 3.8) is 0 Å². The summed E-state index contributed by atoms with van der Waals surface area (Å²) in [5, 5.41) is 6.31. The molecule has 1 aliphatic heterocycles. The van der Waals surface area contributed by atoms with Crippen LogP contribution in [0, 0.1) is 6.92 Å². The van der Waals surface area contributed by atoms with Gasteiger partial charge in [0.15, 0.2) is 0 Å². The number of hydrogen-bond acceptors (Lipinski definition) is 3. The van der Waals surface area contributed by atoms with Crippen molar-refractivity contribution in [3.05, 3.63) is 64.7 Å². The lowest BCUT2D eigenvalue weighted by Gasteiger charge is -2.08. The molecule has 4 nitrogen and oxygen atoms in total. The largest absolute Gasteiger partial charge is 0.494 e. The summed E-state index contributed by atoms with van der Waals surface area (Å²) in [6, 6.07) is 14.4. The summed E-state index contributed by atoms with van der Waals surface area (Å²) < 4.78 is 5.66. The third-order valence-electron chi connectivity index (χ3n) is 4.20. The van der Waals surface area contributed by atoms with E-state index in [0.29, 0.717) is 26.0 Å². The van der Waals surface area contributed by atoms with Gasteiger partial charge in [-0.05, 0) is 47.7 Å². The summed E-state index contributed by atoms with van der Waals surface area (Å²) in [5.74, 6) is 0.934. The molecule has 0 fully saturated rings. The van der Waals surface area contributed by atoms with E-state index in [9.17, 15) is 4.79 Å². The van der Waals surface area contributed by atoms with Crippen LogP contribution in [0.5, 0.6) is 5.75 Å². The van der Waals surface area contributed by atoms with Gasteiger partial charge >= 0.3 is 0 Å². The molecule has 4 heteroatoms. The highest BCUT2D eigenvalue weighted by atomic mass is 16.5. The first-order valence-corrected chi connectivity index (χ1v) is 8.48. The van der Waals surface area contributed by atoms with Crippen LogP contribution in [0.25, 0.3) is 0 Å². The lowest BCUT2D eigenvalue weighted by Crippen LogP contribution is -2.23. The van der Waals surface area contributed by atoms with Crippen LogP contribution < -0.4 is 15.4 Å². The third-order valence-corrected chi connectivity index (χ3v) is 4.20. The molecular formula is C20H24N2O2. The molecule has 0 spiro atoms. The van der Waals surface area contributed by atoms with Crippen molar-refractivity contribution in [1.29, 1.82) is 0 Å². The highest BCUT2D eigenvalue weighted by Gasteiger charge is 2.10. The molecule has 2 aromatic carbocycles. The number of hydrogen-bond donors (Lipinski definition) is 2. The minimum Gasteiger partial charge on any atom is -0.494 e. The number of benzene rings is 2. The third kappa shape index (κ3) is 4.59. The number of aryl methyl sites for hydroxylation is 1. The standard InChI is InChI=1S/C20H24N2O2/c1-15-4-2-5-19(10-15)24-9-3-6-20(23)22-12-16-7-8-17-13-21-14-18(17)11-16/h2,4-5,7-8,10-11,21H,3,6,9,12-14H2,1H3,(H,22,23). The maximum absolute atomic E-state index is 11.9. The maximum atomic E-state index is 11.9. The molecule has 24 heavy (non-hydrogen) atoms. The van der Waals surface area contributed by atoms with Crippen LogP contribution in [0.4, 0.5) is 0 Å². The van der Waals surface area contributed by atoms with Crippen molar-refractivity contribution in [2.24, 2.45) is 0 Å². The van der Waals surface area contributed by atoms with Crippen molar-refractivity contribution >= 4 is 5.91 Å². The molecule has 0 saturated carbocycles. The quantitative estimate of drug-likeness (QED) is 0.770. The Morgan fingerprint density at radius 2 is 2.04 bits per heavy atom. The second-order valence-corrected chi connectivity index (χ2v) is 6.25. The fraction of sp³-hybridized carbons (Fsp3) is 0.350. The van der Waals surface area contributed by atoms with Crippen LogP contribution in [0.3, 0.4) is 0 Å². The Kier molecular flexibility index (Phi) is 5.49. The smallest absolute Gasteiger partial charge is 0.220 e. The van der Waals surface area contributed by atoms with E-state index in [4.69, 9.17) is 4.74 Å². The highest BCUT2D eigenvalue weighted by molar-refractivity contribution is 5.75. The number of nitrogens with one attached hydrogen (secondary N) is 2. The van der Waals surface area contributed by atoms with Gasteiger partial charge in [0, 0.05) is 26.1 Å². The second kappa shape index (κ2) is 7.97. The predicted molar refractivity (Wildman–Crippen MR) is 94.7 cm³/mol. The van der Waals surface area contributed by atoms with Crippen LogP contribution in [0.15, 0.2) is 42.5 Å². The number of rotatable bonds is 7. The first-order valence-electron chi connectivity index (χ1n) is 8.48. The number of amides is 1. The topological polar surface area (TPSA) is 50.4 Å². The Morgan fingerprint density at radius 3 is 2.92 bits per heavy atom. The minimum absolute atomic E-state index is 0.0708. The summed E-state index contributed by atoms with van der Waals surface area (Å²) in [4.78, 5) is 11.9. The molecule has 0 unspecified atom stereocenters. The maximum Gasteiger partial charge on any atom is 0.220 e. The van der Waals surface area contributed by atoms with Crippen LogP contribution in [-0.2, 0) is 24.4 Å². The first-order chi connectivity index (χ1) is 11.7. The minimum atomic E-state index is 0.0708. The average molecular weight is 324 g/mol. The normalized spacial score (nSPS) is 12.7. The van der Waals surface area contributed by atoms with E-state index < -0.39 is 0 Å². The van der Waals surface area contributed by atoms with Crippen molar-refractivity contribution in [3.8, 4) is 5.75 Å². The van der Waals surface area contributed by atoms with Gasteiger partial charge in [-0.25, -0.2) is 0 Å². The van der Waals surface area contributed by atoms with Crippen LogP contribution in [0.2, 0.25) is 0 Å². The van der Waals surface area contributed by atoms with E-state index in [1.165, 1.54) is 16.7 Å². The fourth-order valence-electron chi connectivity index (χ4n) is 2.87. The van der Waals surface area contributed by atoms with Gasteiger partial charge in [0.25, 0.3) is 0 Å². The molecular weight excluding hydrogens is 300 g/mol. The molecule has 0 radical (unpaired) electrons. The SMILES string of the molecule is Cc1cccc(OCCCC(=O)NCc2ccc3c(c2)CNC3)c1. The van der Waals surface area contributed by atoms with Crippen LogP contribution in [-0.4, -0.2) is 12.5 Å².